The largest absolute Gasteiger partial charge is 0.508 e. The van der Waals surface area contributed by atoms with E-state index in [-0.39, 0.29) is 24.0 Å². The Labute approximate surface area is 336 Å². The molecule has 0 aliphatic heterocycles. The van der Waals surface area contributed by atoms with Gasteiger partial charge in [0.05, 0.1) is 12.2 Å². The molecule has 3 fully saturated rings. The predicted octanol–water partition coefficient (Wildman–Crippen LogP) is 7.94. The average molecular weight is 811 g/mol. The quantitative estimate of drug-likeness (QED) is 0.0684. The van der Waals surface area contributed by atoms with Gasteiger partial charge in [-0.15, -0.1) is 5.10 Å². The number of aryl methyl sites for hydroxylation is 1. The van der Waals surface area contributed by atoms with Crippen molar-refractivity contribution in [1.82, 2.24) is 20.3 Å². The Morgan fingerprint density at radius 2 is 1.75 bits per heavy atom. The number of carboxylic acid groups (broad SMARTS) is 1. The molecule has 0 radical (unpaired) electrons. The van der Waals surface area contributed by atoms with E-state index in [0.717, 1.165) is 67.6 Å². The Bertz CT molecular complexity index is 1500. The Morgan fingerprint density at radius 3 is 2.44 bits per heavy atom. The molecule has 1 aromatic rings. The van der Waals surface area contributed by atoms with Gasteiger partial charge in [0.1, 0.15) is 18.4 Å². The number of aromatic nitrogens is 3. The van der Waals surface area contributed by atoms with E-state index < -0.39 is 24.3 Å². The second-order valence-electron chi connectivity index (χ2n) is 18.1. The summed E-state index contributed by atoms with van der Waals surface area (Å²) >= 11 is 0. The van der Waals surface area contributed by atoms with E-state index in [2.05, 4.69) is 56.3 Å². The molecule has 0 bridgehead atoms. The van der Waals surface area contributed by atoms with Gasteiger partial charge in [-0.2, -0.15) is 13.2 Å². The molecule has 9 atom stereocenters. The maximum atomic E-state index is 12.7. The van der Waals surface area contributed by atoms with Gasteiger partial charge in [-0.25, -0.2) is 9.59 Å². The van der Waals surface area contributed by atoms with Crippen molar-refractivity contribution in [1.29, 1.82) is 0 Å². The number of amides is 1. The van der Waals surface area contributed by atoms with E-state index in [4.69, 9.17) is 30.8 Å². The van der Waals surface area contributed by atoms with Crippen molar-refractivity contribution >= 4 is 18.0 Å². The van der Waals surface area contributed by atoms with Crippen LogP contribution < -0.4 is 16.8 Å². The number of aliphatic carboxylic acids is 1. The van der Waals surface area contributed by atoms with Crippen LogP contribution in [-0.4, -0.2) is 69.5 Å². The number of halogens is 3. The van der Waals surface area contributed by atoms with Crippen molar-refractivity contribution in [3.8, 4) is 0 Å². The predicted molar refractivity (Wildman–Crippen MR) is 210 cm³/mol. The number of allylic oxidation sites excluding steroid dienone is 1. The number of hydrogen-bond acceptors (Lipinski definition) is 9. The molecular formula is C42H69F3N6O6. The van der Waals surface area contributed by atoms with Crippen molar-refractivity contribution < 1.29 is 42.1 Å². The first-order valence-corrected chi connectivity index (χ1v) is 21.3. The van der Waals surface area contributed by atoms with E-state index in [1.807, 2.05) is 0 Å². The first-order valence-electron chi connectivity index (χ1n) is 21.3. The molecule has 6 unspecified atom stereocenters. The van der Waals surface area contributed by atoms with Crippen LogP contribution in [0.4, 0.5) is 18.0 Å². The van der Waals surface area contributed by atoms with Gasteiger partial charge in [0, 0.05) is 19.5 Å². The van der Waals surface area contributed by atoms with Crippen LogP contribution in [0.2, 0.25) is 0 Å². The zero-order valence-electron chi connectivity index (χ0n) is 34.8. The lowest BCUT2D eigenvalue weighted by atomic mass is 9.47. The van der Waals surface area contributed by atoms with Crippen molar-refractivity contribution in [2.75, 3.05) is 13.1 Å². The van der Waals surface area contributed by atoms with Crippen LogP contribution in [0.15, 0.2) is 17.8 Å². The van der Waals surface area contributed by atoms with Gasteiger partial charge in [-0.05, 0) is 117 Å². The first-order chi connectivity index (χ1) is 26.9. The molecule has 5 rings (SSSR count). The maximum absolute atomic E-state index is 12.7. The Balaban J connectivity index is 0.000000940. The fourth-order valence-electron chi connectivity index (χ4n) is 10.8. The molecule has 4 aliphatic carbocycles. The molecule has 0 spiro atoms. The average Bonchev–Trinajstić information content (AvgIpc) is 3.76. The van der Waals surface area contributed by atoms with Crippen LogP contribution in [0, 0.1) is 46.3 Å². The van der Waals surface area contributed by atoms with Crippen LogP contribution >= 0.6 is 0 Å². The molecule has 1 amide bonds. The zero-order chi connectivity index (χ0) is 42.0. The normalized spacial score (nSPS) is 29.1. The van der Waals surface area contributed by atoms with E-state index in [1.165, 1.54) is 56.9 Å². The smallest absolute Gasteiger partial charge is 0.475 e. The molecule has 324 valence electrons. The molecule has 3 saturated carbocycles. The highest BCUT2D eigenvalue weighted by Crippen LogP contribution is 2.67. The molecule has 12 nitrogen and oxygen atoms in total. The Morgan fingerprint density at radius 1 is 1.02 bits per heavy atom. The highest BCUT2D eigenvalue weighted by atomic mass is 19.4. The zero-order valence-corrected chi connectivity index (χ0v) is 34.8. The second kappa shape index (κ2) is 20.7. The van der Waals surface area contributed by atoms with Gasteiger partial charge in [0.2, 0.25) is 5.91 Å². The van der Waals surface area contributed by atoms with Crippen LogP contribution in [0.3, 0.4) is 0 Å². The van der Waals surface area contributed by atoms with Crippen molar-refractivity contribution in [2.45, 2.75) is 162 Å². The standard InChI is InChI=1S/C40H68N6O4.C2HF3O2/c1-27(2)10-8-11-28(3)33-15-16-34-32-14-13-29-24-31(17-19-39(29,4)35(32)18-20-40(33,34)5)50-38(48)49-26-30-25-46(45-44-30)23-9-22-43-37(47)36(42)12-6-7-21-41;3-2(4,5)1(6)7/h13,25,27-28,31-36H,6-12,14-24,26,41-42H2,1-5H3,(H,43,47);(H,6,7)/t28?,31-,32?,33?,34?,35?,36?,39-,40+;/m0./s1. The minimum absolute atomic E-state index is 0.0155. The molecule has 57 heavy (non-hydrogen) atoms. The first kappa shape index (κ1) is 46.5. The molecular weight excluding hydrogens is 741 g/mol. The Kier molecular flexibility index (Phi) is 16.9. The summed E-state index contributed by atoms with van der Waals surface area (Å²) in [6.07, 6.45) is 15.1. The summed E-state index contributed by atoms with van der Waals surface area (Å²) in [5.41, 5.74) is 14.2. The number of carboxylic acids is 1. The number of rotatable bonds is 17. The lowest BCUT2D eigenvalue weighted by Crippen LogP contribution is -2.51. The Hall–Kier alpha value is -3.20. The van der Waals surface area contributed by atoms with Gasteiger partial charge in [-0.1, -0.05) is 77.2 Å². The third-order valence-corrected chi connectivity index (χ3v) is 13.9. The van der Waals surface area contributed by atoms with Crippen LogP contribution in [0.25, 0.3) is 0 Å². The van der Waals surface area contributed by atoms with Crippen molar-refractivity contribution in [3.05, 3.63) is 23.5 Å². The van der Waals surface area contributed by atoms with Crippen LogP contribution in [-0.2, 0) is 32.2 Å². The number of fused-ring (bicyclic) bond motifs is 5. The summed E-state index contributed by atoms with van der Waals surface area (Å²) in [6.45, 7) is 14.1. The van der Waals surface area contributed by atoms with Crippen LogP contribution in [0.5, 0.6) is 0 Å². The van der Waals surface area contributed by atoms with E-state index in [1.54, 1.807) is 10.9 Å². The van der Waals surface area contributed by atoms with Gasteiger partial charge in [0.15, 0.2) is 0 Å². The number of carbonyl (C=O) groups is 3. The summed E-state index contributed by atoms with van der Waals surface area (Å²) < 4.78 is 44.8. The van der Waals surface area contributed by atoms with E-state index >= 15 is 0 Å². The number of ether oxygens (including phenoxy) is 2. The molecule has 0 saturated heterocycles. The highest BCUT2D eigenvalue weighted by Gasteiger charge is 2.59. The topological polar surface area (TPSA) is 185 Å². The SMILES string of the molecule is CC(C)CCCC(C)C1CCC2C3CC=C4C[C@@H](OC(=O)OCc5cn(CCCNC(=O)C(N)CCCCN)nn5)CC[C@]4(C)C3CC[C@]12C.O=C(O)C(F)(F)F. The van der Waals surface area contributed by atoms with Gasteiger partial charge < -0.3 is 31.4 Å². The number of alkyl halides is 3. The molecule has 4 aliphatic rings. The maximum Gasteiger partial charge on any atom is 0.508 e. The van der Waals surface area contributed by atoms with Crippen molar-refractivity contribution in [3.63, 3.8) is 0 Å². The lowest BCUT2D eigenvalue weighted by Gasteiger charge is -2.58. The van der Waals surface area contributed by atoms with E-state index in [0.29, 0.717) is 43.6 Å². The fourth-order valence-corrected chi connectivity index (χ4v) is 10.8. The van der Waals surface area contributed by atoms with Crippen LogP contribution in [0.1, 0.15) is 137 Å². The minimum atomic E-state index is -5.08. The lowest BCUT2D eigenvalue weighted by molar-refractivity contribution is -0.192. The van der Waals surface area contributed by atoms with E-state index in [9.17, 15) is 22.8 Å². The number of nitrogens with zero attached hydrogens (tertiary/aromatic N) is 3. The molecule has 0 aromatic carbocycles. The number of nitrogens with two attached hydrogens (primary N) is 2. The van der Waals surface area contributed by atoms with Crippen molar-refractivity contribution in [2.24, 2.45) is 57.8 Å². The second-order valence-corrected chi connectivity index (χ2v) is 18.1. The summed E-state index contributed by atoms with van der Waals surface area (Å²) in [7, 11) is 0. The number of nitrogens with one attached hydrogen (secondary N) is 1. The summed E-state index contributed by atoms with van der Waals surface area (Å²) in [6, 6.07) is -0.506. The number of hydrogen-bond donors (Lipinski definition) is 4. The summed E-state index contributed by atoms with van der Waals surface area (Å²) in [4.78, 5) is 33.8. The molecule has 15 heteroatoms. The van der Waals surface area contributed by atoms with Gasteiger partial charge >= 0.3 is 18.3 Å². The van der Waals surface area contributed by atoms with Gasteiger partial charge in [0.25, 0.3) is 0 Å². The molecule has 6 N–H and O–H groups in total. The number of carbonyl (C=O) groups excluding carboxylic acids is 2. The van der Waals surface area contributed by atoms with Gasteiger partial charge in [-0.3, -0.25) is 9.48 Å². The highest BCUT2D eigenvalue weighted by molar-refractivity contribution is 5.81. The third kappa shape index (κ3) is 12.4. The summed E-state index contributed by atoms with van der Waals surface area (Å²) in [5.74, 6) is 1.99. The fraction of sp³-hybridized carbons (Fsp3) is 0.833. The number of unbranched alkanes of at least 4 members (excludes halogenated alkanes) is 1. The molecule has 1 heterocycles. The summed E-state index contributed by atoms with van der Waals surface area (Å²) in [5, 5.41) is 18.3. The minimum Gasteiger partial charge on any atom is -0.475 e. The molecule has 1 aromatic heterocycles. The monoisotopic (exact) mass is 811 g/mol. The third-order valence-electron chi connectivity index (χ3n) is 13.9.